The molecule has 86 valence electrons. The fourth-order valence-electron chi connectivity index (χ4n) is 0.960. The van der Waals surface area contributed by atoms with E-state index in [-0.39, 0.29) is 18.0 Å². The number of halogens is 5. The molecule has 0 aromatic heterocycles. The highest BCUT2D eigenvalue weighted by molar-refractivity contribution is 6.32. The number of phenolic OH excluding ortho intramolecular Hbond substituents is 1. The van der Waals surface area contributed by atoms with Crippen molar-refractivity contribution in [3.05, 3.63) is 28.5 Å². The molecule has 0 heterocycles. The summed E-state index contributed by atoms with van der Waals surface area (Å²) in [5.41, 5.74) is 4.79. The molecule has 0 aliphatic rings. The molecular formula is C8H8Cl2F3NO. The van der Waals surface area contributed by atoms with Gasteiger partial charge in [0.05, 0.1) is 6.04 Å². The molecule has 0 amide bonds. The Bertz CT molecular complexity index is 349. The highest BCUT2D eigenvalue weighted by atomic mass is 35.5. The van der Waals surface area contributed by atoms with E-state index in [1.165, 1.54) is 0 Å². The van der Waals surface area contributed by atoms with E-state index in [0.29, 0.717) is 0 Å². The first kappa shape index (κ1) is 14.3. The van der Waals surface area contributed by atoms with Crippen molar-refractivity contribution in [2.45, 2.75) is 12.5 Å². The predicted octanol–water partition coefficient (Wildman–Crippen LogP) is 2.87. The van der Waals surface area contributed by atoms with Crippen LogP contribution < -0.4 is 5.73 Å². The SMILES string of the molecule is Cl.N[C@@H](c1ccc(F)c(Cl)c1O)C(F)F. The van der Waals surface area contributed by atoms with Crippen LogP contribution in [0.2, 0.25) is 5.02 Å². The summed E-state index contributed by atoms with van der Waals surface area (Å²) in [4.78, 5) is 0. The minimum Gasteiger partial charge on any atom is -0.506 e. The topological polar surface area (TPSA) is 46.2 Å². The lowest BCUT2D eigenvalue weighted by Gasteiger charge is -2.13. The highest BCUT2D eigenvalue weighted by Crippen LogP contribution is 2.34. The molecule has 1 atom stereocenters. The first-order chi connectivity index (χ1) is 6.45. The van der Waals surface area contributed by atoms with Gasteiger partial charge in [0.15, 0.2) is 0 Å². The highest BCUT2D eigenvalue weighted by Gasteiger charge is 2.23. The Morgan fingerprint density at radius 2 is 1.87 bits per heavy atom. The number of aromatic hydroxyl groups is 1. The molecule has 0 bridgehead atoms. The summed E-state index contributed by atoms with van der Waals surface area (Å²) in [7, 11) is 0. The van der Waals surface area contributed by atoms with Crippen molar-refractivity contribution in [2.75, 3.05) is 0 Å². The second-order valence-electron chi connectivity index (χ2n) is 2.66. The van der Waals surface area contributed by atoms with Crippen molar-refractivity contribution < 1.29 is 18.3 Å². The number of hydrogen-bond donors (Lipinski definition) is 2. The third kappa shape index (κ3) is 2.90. The average Bonchev–Trinajstić information content (AvgIpc) is 2.13. The Kier molecular flexibility index (Phi) is 5.20. The van der Waals surface area contributed by atoms with Crippen molar-refractivity contribution in [1.29, 1.82) is 0 Å². The molecule has 0 saturated heterocycles. The van der Waals surface area contributed by atoms with Crippen LogP contribution in [0.1, 0.15) is 11.6 Å². The van der Waals surface area contributed by atoms with Gasteiger partial charge in [-0.1, -0.05) is 17.7 Å². The van der Waals surface area contributed by atoms with E-state index in [1.54, 1.807) is 0 Å². The van der Waals surface area contributed by atoms with E-state index >= 15 is 0 Å². The number of alkyl halides is 2. The summed E-state index contributed by atoms with van der Waals surface area (Å²) in [5.74, 6) is -1.62. The predicted molar refractivity (Wildman–Crippen MR) is 53.3 cm³/mol. The van der Waals surface area contributed by atoms with Gasteiger partial charge in [0.2, 0.25) is 0 Å². The van der Waals surface area contributed by atoms with Crippen molar-refractivity contribution in [3.8, 4) is 5.75 Å². The molecule has 0 radical (unpaired) electrons. The maximum atomic E-state index is 12.7. The molecule has 3 N–H and O–H groups in total. The zero-order valence-electron chi connectivity index (χ0n) is 7.25. The number of hydrogen-bond acceptors (Lipinski definition) is 2. The van der Waals surface area contributed by atoms with Crippen molar-refractivity contribution >= 4 is 24.0 Å². The molecule has 1 aromatic carbocycles. The second-order valence-corrected chi connectivity index (χ2v) is 3.04. The van der Waals surface area contributed by atoms with Gasteiger partial charge in [0.25, 0.3) is 6.43 Å². The summed E-state index contributed by atoms with van der Waals surface area (Å²) >= 11 is 5.31. The van der Waals surface area contributed by atoms with Crippen LogP contribution >= 0.6 is 24.0 Å². The van der Waals surface area contributed by atoms with Gasteiger partial charge in [-0.2, -0.15) is 0 Å². The van der Waals surface area contributed by atoms with E-state index in [0.717, 1.165) is 12.1 Å². The molecule has 0 saturated carbocycles. The molecular weight excluding hydrogens is 254 g/mol. The third-order valence-corrected chi connectivity index (χ3v) is 2.09. The van der Waals surface area contributed by atoms with Crippen molar-refractivity contribution in [1.82, 2.24) is 0 Å². The molecule has 15 heavy (non-hydrogen) atoms. The zero-order valence-corrected chi connectivity index (χ0v) is 8.83. The van der Waals surface area contributed by atoms with E-state index in [4.69, 9.17) is 17.3 Å². The largest absolute Gasteiger partial charge is 0.506 e. The van der Waals surface area contributed by atoms with E-state index in [1.807, 2.05) is 0 Å². The van der Waals surface area contributed by atoms with Crippen LogP contribution in [0.15, 0.2) is 12.1 Å². The Morgan fingerprint density at radius 3 is 2.33 bits per heavy atom. The lowest BCUT2D eigenvalue weighted by Crippen LogP contribution is -2.19. The van der Waals surface area contributed by atoms with E-state index in [9.17, 15) is 18.3 Å². The van der Waals surface area contributed by atoms with Gasteiger partial charge < -0.3 is 10.8 Å². The Labute approximate surface area is 95.2 Å². The Hall–Kier alpha value is -0.650. The van der Waals surface area contributed by atoms with Crippen LogP contribution in [0.4, 0.5) is 13.2 Å². The van der Waals surface area contributed by atoms with Crippen LogP contribution in [0.3, 0.4) is 0 Å². The molecule has 0 fully saturated rings. The maximum absolute atomic E-state index is 12.7. The van der Waals surface area contributed by atoms with Crippen LogP contribution in [-0.2, 0) is 0 Å². The molecule has 7 heteroatoms. The summed E-state index contributed by atoms with van der Waals surface area (Å²) in [6, 6.07) is 0.181. The van der Waals surface area contributed by atoms with E-state index in [2.05, 4.69) is 0 Å². The average molecular weight is 262 g/mol. The van der Waals surface area contributed by atoms with Gasteiger partial charge in [-0.3, -0.25) is 0 Å². The monoisotopic (exact) mass is 261 g/mol. The smallest absolute Gasteiger partial charge is 0.257 e. The van der Waals surface area contributed by atoms with Crippen LogP contribution in [0.5, 0.6) is 5.75 Å². The number of benzene rings is 1. The van der Waals surface area contributed by atoms with Gasteiger partial charge in [-0.05, 0) is 6.07 Å². The standard InChI is InChI=1S/C8H7ClF3NO.ClH/c9-5-4(10)2-1-3(7(5)14)6(13)8(11)12;/h1-2,6,8,14H,13H2;1H/t6-;/m0./s1. The van der Waals surface area contributed by atoms with Gasteiger partial charge in [-0.15, -0.1) is 12.4 Å². The van der Waals surface area contributed by atoms with Crippen LogP contribution in [0, 0.1) is 5.82 Å². The summed E-state index contributed by atoms with van der Waals surface area (Å²) < 4.78 is 37.0. The van der Waals surface area contributed by atoms with Gasteiger partial charge in [-0.25, -0.2) is 13.2 Å². The van der Waals surface area contributed by atoms with Crippen molar-refractivity contribution in [3.63, 3.8) is 0 Å². The molecule has 1 rings (SSSR count). The minimum absolute atomic E-state index is 0. The third-order valence-electron chi connectivity index (χ3n) is 1.73. The maximum Gasteiger partial charge on any atom is 0.257 e. The van der Waals surface area contributed by atoms with Gasteiger partial charge in [0.1, 0.15) is 16.6 Å². The molecule has 1 aromatic rings. The minimum atomic E-state index is -2.84. The van der Waals surface area contributed by atoms with Crippen molar-refractivity contribution in [2.24, 2.45) is 5.73 Å². The number of rotatable bonds is 2. The normalized spacial score (nSPS) is 12.4. The zero-order chi connectivity index (χ0) is 10.9. The molecule has 0 aliphatic heterocycles. The molecule has 0 spiro atoms. The molecule has 0 unspecified atom stereocenters. The quantitative estimate of drug-likeness (QED) is 0.860. The van der Waals surface area contributed by atoms with E-state index < -0.39 is 29.1 Å². The lowest BCUT2D eigenvalue weighted by atomic mass is 10.1. The Morgan fingerprint density at radius 1 is 1.33 bits per heavy atom. The summed E-state index contributed by atoms with van der Waals surface area (Å²) in [5, 5.41) is 8.61. The summed E-state index contributed by atoms with van der Waals surface area (Å²) in [6.45, 7) is 0. The fourth-order valence-corrected chi connectivity index (χ4v) is 1.13. The number of phenols is 1. The van der Waals surface area contributed by atoms with Crippen LogP contribution in [-0.4, -0.2) is 11.5 Å². The lowest BCUT2D eigenvalue weighted by molar-refractivity contribution is 0.115. The summed E-state index contributed by atoms with van der Waals surface area (Å²) in [6.07, 6.45) is -2.84. The Balaban J connectivity index is 0.00000196. The van der Waals surface area contributed by atoms with Gasteiger partial charge in [0, 0.05) is 5.56 Å². The van der Waals surface area contributed by atoms with Crippen LogP contribution in [0.25, 0.3) is 0 Å². The number of nitrogens with two attached hydrogens (primary N) is 1. The van der Waals surface area contributed by atoms with Gasteiger partial charge >= 0.3 is 0 Å². The molecule has 2 nitrogen and oxygen atoms in total. The fraction of sp³-hybridized carbons (Fsp3) is 0.250. The first-order valence-corrected chi connectivity index (χ1v) is 4.03. The first-order valence-electron chi connectivity index (χ1n) is 3.65. The second kappa shape index (κ2) is 5.44. The molecule has 0 aliphatic carbocycles.